The van der Waals surface area contributed by atoms with Crippen molar-refractivity contribution in [2.24, 2.45) is 0 Å². The normalized spacial score (nSPS) is 11.7. The third-order valence-corrected chi connectivity index (χ3v) is 5.73. The van der Waals surface area contributed by atoms with Crippen LogP contribution in [0.3, 0.4) is 0 Å². The number of aromatic nitrogens is 3. The Morgan fingerprint density at radius 1 is 1.22 bits per heavy atom. The molecule has 0 spiro atoms. The number of fused-ring (bicyclic) bond motifs is 3. The molecule has 2 aromatic carbocycles. The van der Waals surface area contributed by atoms with Gasteiger partial charge in [-0.05, 0) is 61.3 Å². The standard InChI is InChI=1S/C23H22BrClN4O3/c1-13-7-6-8-15(25)20(13)29(22(30)32-23(2,3)4)21-18-11-26-12-28(18)17-9-14(24)19(31-5)10-16(17)27-21/h6-12H,1-5H3. The predicted octanol–water partition coefficient (Wildman–Crippen LogP) is 6.69. The molecule has 0 saturated heterocycles. The first-order chi connectivity index (χ1) is 15.1. The summed E-state index contributed by atoms with van der Waals surface area (Å²) in [5.41, 5.74) is 2.63. The molecule has 0 fully saturated rings. The number of anilines is 2. The number of hydrogen-bond acceptors (Lipinski definition) is 5. The largest absolute Gasteiger partial charge is 0.495 e. The van der Waals surface area contributed by atoms with Gasteiger partial charge in [-0.15, -0.1) is 0 Å². The van der Waals surface area contributed by atoms with Crippen LogP contribution in [-0.4, -0.2) is 33.2 Å². The van der Waals surface area contributed by atoms with E-state index in [-0.39, 0.29) is 0 Å². The molecule has 4 aromatic rings. The number of hydrogen-bond donors (Lipinski definition) is 0. The van der Waals surface area contributed by atoms with Gasteiger partial charge in [-0.1, -0.05) is 23.7 Å². The Balaban J connectivity index is 2.06. The Labute approximate surface area is 199 Å². The maximum absolute atomic E-state index is 13.5. The third-order valence-electron chi connectivity index (χ3n) is 4.80. The van der Waals surface area contributed by atoms with Crippen LogP contribution < -0.4 is 9.64 Å². The lowest BCUT2D eigenvalue weighted by molar-refractivity contribution is 0.0598. The summed E-state index contributed by atoms with van der Waals surface area (Å²) in [6.45, 7) is 7.32. The van der Waals surface area contributed by atoms with Crippen LogP contribution >= 0.6 is 27.5 Å². The van der Waals surface area contributed by atoms with E-state index in [4.69, 9.17) is 26.1 Å². The Bertz CT molecular complexity index is 1330. The number of carbonyl (C=O) groups excluding carboxylic acids is 1. The highest BCUT2D eigenvalue weighted by atomic mass is 79.9. The summed E-state index contributed by atoms with van der Waals surface area (Å²) >= 11 is 10.1. The van der Waals surface area contributed by atoms with E-state index < -0.39 is 11.7 Å². The zero-order chi connectivity index (χ0) is 23.2. The highest BCUT2D eigenvalue weighted by molar-refractivity contribution is 9.10. The van der Waals surface area contributed by atoms with E-state index in [1.807, 2.05) is 50.3 Å². The molecule has 0 saturated carbocycles. The van der Waals surface area contributed by atoms with Gasteiger partial charge in [0.2, 0.25) is 0 Å². The second-order valence-corrected chi connectivity index (χ2v) is 9.54. The average molecular weight is 518 g/mol. The minimum Gasteiger partial charge on any atom is -0.495 e. The smallest absolute Gasteiger partial charge is 0.420 e. The molecule has 0 atom stereocenters. The van der Waals surface area contributed by atoms with Gasteiger partial charge in [0, 0.05) is 6.07 Å². The zero-order valence-corrected chi connectivity index (χ0v) is 20.7. The first kappa shape index (κ1) is 22.4. The molecule has 1 amide bonds. The number of benzene rings is 2. The van der Waals surface area contributed by atoms with Gasteiger partial charge in [-0.3, -0.25) is 4.40 Å². The molecule has 32 heavy (non-hydrogen) atoms. The van der Waals surface area contributed by atoms with Crippen LogP contribution in [0.5, 0.6) is 5.75 Å². The van der Waals surface area contributed by atoms with Crippen LogP contribution in [0.15, 0.2) is 47.3 Å². The van der Waals surface area contributed by atoms with E-state index in [0.29, 0.717) is 33.3 Å². The van der Waals surface area contributed by atoms with Gasteiger partial charge in [0.15, 0.2) is 5.82 Å². The van der Waals surface area contributed by atoms with Gasteiger partial charge in [-0.2, -0.15) is 0 Å². The van der Waals surface area contributed by atoms with Gasteiger partial charge in [0.05, 0.1) is 45.9 Å². The predicted molar refractivity (Wildman–Crippen MR) is 129 cm³/mol. The van der Waals surface area contributed by atoms with Crippen LogP contribution in [0.1, 0.15) is 26.3 Å². The summed E-state index contributed by atoms with van der Waals surface area (Å²) in [6, 6.07) is 9.15. The third kappa shape index (κ3) is 4.00. The number of ether oxygens (including phenoxy) is 2. The van der Waals surface area contributed by atoms with Gasteiger partial charge >= 0.3 is 6.09 Å². The lowest BCUT2D eigenvalue weighted by Gasteiger charge is -2.29. The van der Waals surface area contributed by atoms with Crippen LogP contribution in [-0.2, 0) is 4.74 Å². The van der Waals surface area contributed by atoms with Crippen molar-refractivity contribution in [1.82, 2.24) is 14.4 Å². The van der Waals surface area contributed by atoms with Crippen molar-refractivity contribution in [2.75, 3.05) is 12.0 Å². The summed E-state index contributed by atoms with van der Waals surface area (Å²) in [7, 11) is 1.59. The van der Waals surface area contributed by atoms with Crippen LogP contribution in [0.2, 0.25) is 5.02 Å². The summed E-state index contributed by atoms with van der Waals surface area (Å²) in [6.07, 6.45) is 2.74. The molecular formula is C23H22BrClN4O3. The van der Waals surface area contributed by atoms with Crippen LogP contribution in [0, 0.1) is 6.92 Å². The molecule has 0 aliphatic rings. The van der Waals surface area contributed by atoms with Crippen LogP contribution in [0.25, 0.3) is 16.6 Å². The summed E-state index contributed by atoms with van der Waals surface area (Å²) < 4.78 is 13.8. The average Bonchev–Trinajstić information content (AvgIpc) is 3.19. The summed E-state index contributed by atoms with van der Waals surface area (Å²) in [4.78, 5) is 24.0. The molecule has 2 aromatic heterocycles. The molecule has 7 nitrogen and oxygen atoms in total. The second-order valence-electron chi connectivity index (χ2n) is 8.28. The fraction of sp³-hybridized carbons (Fsp3) is 0.261. The van der Waals surface area contributed by atoms with Crippen molar-refractivity contribution in [1.29, 1.82) is 0 Å². The van der Waals surface area contributed by atoms with E-state index in [2.05, 4.69) is 20.9 Å². The van der Waals surface area contributed by atoms with Gasteiger partial charge in [0.25, 0.3) is 0 Å². The molecule has 166 valence electrons. The molecule has 0 aliphatic heterocycles. The van der Waals surface area contributed by atoms with Gasteiger partial charge in [0.1, 0.15) is 16.9 Å². The molecule has 0 unspecified atom stereocenters. The number of halogens is 2. The SMILES string of the molecule is COc1cc2nc(N(C(=O)OC(C)(C)C)c3c(C)cccc3Cl)c3cncn3c2cc1Br. The summed E-state index contributed by atoms with van der Waals surface area (Å²) in [5.74, 6) is 0.970. The molecule has 0 aliphatic carbocycles. The van der Waals surface area contributed by atoms with Crippen LogP contribution in [0.4, 0.5) is 16.3 Å². The number of imidazole rings is 1. The lowest BCUT2D eigenvalue weighted by atomic mass is 10.1. The molecule has 0 N–H and O–H groups in total. The first-order valence-corrected chi connectivity index (χ1v) is 11.1. The van der Waals surface area contributed by atoms with Crippen molar-refractivity contribution >= 4 is 61.7 Å². The van der Waals surface area contributed by atoms with Crippen molar-refractivity contribution < 1.29 is 14.3 Å². The fourth-order valence-electron chi connectivity index (χ4n) is 3.46. The highest BCUT2D eigenvalue weighted by Crippen LogP contribution is 2.39. The Hall–Kier alpha value is -2.84. The second kappa shape index (κ2) is 8.26. The van der Waals surface area contributed by atoms with E-state index in [1.54, 1.807) is 31.8 Å². The quantitative estimate of drug-likeness (QED) is 0.303. The maximum atomic E-state index is 13.5. The monoisotopic (exact) mass is 516 g/mol. The number of rotatable bonds is 3. The fourth-order valence-corrected chi connectivity index (χ4v) is 4.26. The number of carbonyl (C=O) groups is 1. The molecule has 2 heterocycles. The molecule has 9 heteroatoms. The van der Waals surface area contributed by atoms with Crippen molar-refractivity contribution in [3.05, 3.63) is 57.9 Å². The number of amides is 1. The Morgan fingerprint density at radius 3 is 2.62 bits per heavy atom. The minimum absolute atomic E-state index is 0.352. The zero-order valence-electron chi connectivity index (χ0n) is 18.3. The number of methoxy groups -OCH3 is 1. The number of para-hydroxylation sites is 1. The number of nitrogens with zero attached hydrogens (tertiary/aromatic N) is 4. The number of aryl methyl sites for hydroxylation is 1. The van der Waals surface area contributed by atoms with Crippen molar-refractivity contribution in [2.45, 2.75) is 33.3 Å². The molecule has 0 radical (unpaired) electrons. The Kier molecular flexibility index (Phi) is 5.77. The van der Waals surface area contributed by atoms with E-state index in [9.17, 15) is 4.79 Å². The van der Waals surface area contributed by atoms with Gasteiger partial charge < -0.3 is 9.47 Å². The first-order valence-electron chi connectivity index (χ1n) is 9.88. The van der Waals surface area contributed by atoms with Crippen molar-refractivity contribution in [3.8, 4) is 5.75 Å². The topological polar surface area (TPSA) is 69.0 Å². The molecule has 0 bridgehead atoms. The minimum atomic E-state index is -0.716. The van der Waals surface area contributed by atoms with E-state index >= 15 is 0 Å². The van der Waals surface area contributed by atoms with E-state index in [0.717, 1.165) is 15.6 Å². The van der Waals surface area contributed by atoms with E-state index in [1.165, 1.54) is 4.90 Å². The maximum Gasteiger partial charge on any atom is 0.420 e. The van der Waals surface area contributed by atoms with Crippen molar-refractivity contribution in [3.63, 3.8) is 0 Å². The molecule has 4 rings (SSSR count). The van der Waals surface area contributed by atoms with Gasteiger partial charge in [-0.25, -0.2) is 19.7 Å². The highest BCUT2D eigenvalue weighted by Gasteiger charge is 2.31. The molecular weight excluding hydrogens is 496 g/mol. The summed E-state index contributed by atoms with van der Waals surface area (Å²) in [5, 5.41) is 0.406. The lowest BCUT2D eigenvalue weighted by Crippen LogP contribution is -2.35. The Morgan fingerprint density at radius 2 is 1.97 bits per heavy atom.